The average molecular weight is 215 g/mol. The van der Waals surface area contributed by atoms with Gasteiger partial charge in [-0.3, -0.25) is 4.79 Å². The number of rotatable bonds is 4. The average Bonchev–Trinajstić information content (AvgIpc) is 2.18. The van der Waals surface area contributed by atoms with Gasteiger partial charge in [-0.15, -0.1) is 0 Å². The van der Waals surface area contributed by atoms with Gasteiger partial charge in [0.05, 0.1) is 5.92 Å². The second-order valence-electron chi connectivity index (χ2n) is 3.13. The zero-order valence-corrected chi connectivity index (χ0v) is 7.81. The van der Waals surface area contributed by atoms with Gasteiger partial charge in [-0.2, -0.15) is 0 Å². The van der Waals surface area contributed by atoms with E-state index in [9.17, 15) is 13.6 Å². The SMILES string of the molecule is N[C@@H](C(=O)O)[C@H](c1ccccc1)C(F)F. The van der Waals surface area contributed by atoms with Crippen molar-refractivity contribution in [1.29, 1.82) is 0 Å². The molecule has 0 aliphatic carbocycles. The maximum atomic E-state index is 12.7. The molecule has 0 spiro atoms. The Morgan fingerprint density at radius 1 is 1.27 bits per heavy atom. The third-order valence-electron chi connectivity index (χ3n) is 2.13. The highest BCUT2D eigenvalue weighted by Gasteiger charge is 2.33. The normalized spacial score (nSPS) is 14.9. The van der Waals surface area contributed by atoms with Crippen molar-refractivity contribution in [1.82, 2.24) is 0 Å². The Balaban J connectivity index is 2.99. The summed E-state index contributed by atoms with van der Waals surface area (Å²) in [5, 5.41) is 8.60. The van der Waals surface area contributed by atoms with Gasteiger partial charge in [-0.1, -0.05) is 30.3 Å². The third kappa shape index (κ3) is 2.73. The molecule has 2 atom stereocenters. The Morgan fingerprint density at radius 3 is 2.20 bits per heavy atom. The van der Waals surface area contributed by atoms with Crippen molar-refractivity contribution >= 4 is 5.97 Å². The summed E-state index contributed by atoms with van der Waals surface area (Å²) in [6, 6.07) is 6.10. The van der Waals surface area contributed by atoms with Crippen molar-refractivity contribution in [2.75, 3.05) is 0 Å². The van der Waals surface area contributed by atoms with E-state index in [1.54, 1.807) is 18.2 Å². The van der Waals surface area contributed by atoms with E-state index in [1.165, 1.54) is 12.1 Å². The van der Waals surface area contributed by atoms with Crippen LogP contribution in [0.2, 0.25) is 0 Å². The number of hydrogen-bond donors (Lipinski definition) is 2. The van der Waals surface area contributed by atoms with E-state index in [2.05, 4.69) is 0 Å². The second kappa shape index (κ2) is 4.84. The standard InChI is InChI=1S/C10H11F2NO2/c11-9(12)7(8(13)10(14)15)6-4-2-1-3-5-6/h1-5,7-9H,13H2,(H,14,15)/t7-,8+/m0/s1. The van der Waals surface area contributed by atoms with Crippen molar-refractivity contribution in [2.45, 2.75) is 18.4 Å². The number of carbonyl (C=O) groups is 1. The molecule has 0 heterocycles. The van der Waals surface area contributed by atoms with Crippen molar-refractivity contribution in [3.63, 3.8) is 0 Å². The Labute approximate surface area is 85.5 Å². The maximum absolute atomic E-state index is 12.7. The maximum Gasteiger partial charge on any atom is 0.321 e. The van der Waals surface area contributed by atoms with Gasteiger partial charge in [-0.25, -0.2) is 8.78 Å². The lowest BCUT2D eigenvalue weighted by Gasteiger charge is -2.20. The van der Waals surface area contributed by atoms with Gasteiger partial charge in [0.1, 0.15) is 6.04 Å². The van der Waals surface area contributed by atoms with Crippen LogP contribution in [0.3, 0.4) is 0 Å². The topological polar surface area (TPSA) is 63.3 Å². The van der Waals surface area contributed by atoms with Crippen LogP contribution in [-0.2, 0) is 4.79 Å². The van der Waals surface area contributed by atoms with E-state index in [0.717, 1.165) is 0 Å². The van der Waals surface area contributed by atoms with Gasteiger partial charge in [0.2, 0.25) is 6.43 Å². The van der Waals surface area contributed by atoms with Crippen LogP contribution in [-0.4, -0.2) is 23.5 Å². The van der Waals surface area contributed by atoms with Crippen LogP contribution in [0.5, 0.6) is 0 Å². The van der Waals surface area contributed by atoms with Crippen LogP contribution in [0.25, 0.3) is 0 Å². The van der Waals surface area contributed by atoms with Crippen LogP contribution in [0.15, 0.2) is 30.3 Å². The van der Waals surface area contributed by atoms with Gasteiger partial charge in [0.25, 0.3) is 0 Å². The summed E-state index contributed by atoms with van der Waals surface area (Å²) in [6.07, 6.45) is -2.79. The van der Waals surface area contributed by atoms with Gasteiger partial charge in [0.15, 0.2) is 0 Å². The van der Waals surface area contributed by atoms with Crippen molar-refractivity contribution in [2.24, 2.45) is 5.73 Å². The van der Waals surface area contributed by atoms with Crippen LogP contribution >= 0.6 is 0 Å². The molecule has 0 saturated heterocycles. The molecule has 3 N–H and O–H groups in total. The number of halogens is 2. The summed E-state index contributed by atoms with van der Waals surface area (Å²) >= 11 is 0. The number of benzene rings is 1. The summed E-state index contributed by atoms with van der Waals surface area (Å²) in [7, 11) is 0. The first kappa shape index (κ1) is 11.6. The molecule has 0 bridgehead atoms. The predicted octanol–water partition coefficient (Wildman–Crippen LogP) is 1.45. The second-order valence-corrected chi connectivity index (χ2v) is 3.13. The molecule has 0 saturated carbocycles. The predicted molar refractivity (Wildman–Crippen MR) is 50.8 cm³/mol. The van der Waals surface area contributed by atoms with Crippen molar-refractivity contribution in [3.05, 3.63) is 35.9 Å². The molecule has 1 rings (SSSR count). The summed E-state index contributed by atoms with van der Waals surface area (Å²) in [6.45, 7) is 0. The van der Waals surface area contributed by atoms with Crippen molar-refractivity contribution in [3.8, 4) is 0 Å². The molecule has 1 aromatic rings. The Morgan fingerprint density at radius 2 is 1.80 bits per heavy atom. The molecule has 1 aromatic carbocycles. The van der Waals surface area contributed by atoms with Crippen LogP contribution in [0.1, 0.15) is 11.5 Å². The molecule has 0 aliphatic heterocycles. The summed E-state index contributed by atoms with van der Waals surface area (Å²) in [4.78, 5) is 10.6. The number of nitrogens with two attached hydrogens (primary N) is 1. The fraction of sp³-hybridized carbons (Fsp3) is 0.300. The highest BCUT2D eigenvalue weighted by molar-refractivity contribution is 5.74. The lowest BCUT2D eigenvalue weighted by molar-refractivity contribution is -0.140. The van der Waals surface area contributed by atoms with Gasteiger partial charge in [0, 0.05) is 0 Å². The monoisotopic (exact) mass is 215 g/mol. The highest BCUT2D eigenvalue weighted by Crippen LogP contribution is 2.25. The first-order valence-corrected chi connectivity index (χ1v) is 4.35. The zero-order chi connectivity index (χ0) is 11.4. The smallest absolute Gasteiger partial charge is 0.321 e. The molecule has 0 aromatic heterocycles. The first-order valence-electron chi connectivity index (χ1n) is 4.35. The summed E-state index contributed by atoms with van der Waals surface area (Å²) in [5.41, 5.74) is 5.45. The fourth-order valence-electron chi connectivity index (χ4n) is 1.34. The Kier molecular flexibility index (Phi) is 3.74. The van der Waals surface area contributed by atoms with Gasteiger partial charge < -0.3 is 10.8 Å². The molecule has 0 amide bonds. The van der Waals surface area contributed by atoms with E-state index in [4.69, 9.17) is 10.8 Å². The summed E-state index contributed by atoms with van der Waals surface area (Å²) < 4.78 is 25.3. The van der Waals surface area contributed by atoms with E-state index in [1.807, 2.05) is 0 Å². The van der Waals surface area contributed by atoms with Crippen LogP contribution in [0.4, 0.5) is 8.78 Å². The molecule has 0 radical (unpaired) electrons. The van der Waals surface area contributed by atoms with E-state index < -0.39 is 24.4 Å². The molecule has 0 unspecified atom stereocenters. The van der Waals surface area contributed by atoms with Crippen molar-refractivity contribution < 1.29 is 18.7 Å². The molecule has 0 fully saturated rings. The molecule has 5 heteroatoms. The summed E-state index contributed by atoms with van der Waals surface area (Å²) in [5.74, 6) is -2.90. The number of carboxylic acid groups (broad SMARTS) is 1. The molecule has 0 aliphatic rings. The quantitative estimate of drug-likeness (QED) is 0.798. The number of hydrogen-bond acceptors (Lipinski definition) is 2. The number of carboxylic acids is 1. The van der Waals surface area contributed by atoms with Gasteiger partial charge in [-0.05, 0) is 5.56 Å². The minimum absolute atomic E-state index is 0.238. The van der Waals surface area contributed by atoms with Gasteiger partial charge >= 0.3 is 5.97 Å². The van der Waals surface area contributed by atoms with Crippen LogP contribution in [0, 0.1) is 0 Å². The fourth-order valence-corrected chi connectivity index (χ4v) is 1.34. The lowest BCUT2D eigenvalue weighted by atomic mass is 9.92. The minimum atomic E-state index is -2.79. The van der Waals surface area contributed by atoms with E-state index in [0.29, 0.717) is 0 Å². The first-order chi connectivity index (χ1) is 7.04. The van der Waals surface area contributed by atoms with E-state index in [-0.39, 0.29) is 5.56 Å². The number of alkyl halides is 2. The molecule has 3 nitrogen and oxygen atoms in total. The minimum Gasteiger partial charge on any atom is -0.480 e. The molecular weight excluding hydrogens is 204 g/mol. The Bertz CT molecular complexity index is 329. The largest absolute Gasteiger partial charge is 0.480 e. The molecular formula is C10H11F2NO2. The zero-order valence-electron chi connectivity index (χ0n) is 7.81. The van der Waals surface area contributed by atoms with Crippen LogP contribution < -0.4 is 5.73 Å². The lowest BCUT2D eigenvalue weighted by Crippen LogP contribution is -2.39. The third-order valence-corrected chi connectivity index (χ3v) is 2.13. The van der Waals surface area contributed by atoms with E-state index >= 15 is 0 Å². The number of aliphatic carboxylic acids is 1. The molecule has 15 heavy (non-hydrogen) atoms. The molecule has 82 valence electrons. The highest BCUT2D eigenvalue weighted by atomic mass is 19.3. The Hall–Kier alpha value is -1.49.